The molecule has 1 amide bonds. The van der Waals surface area contributed by atoms with Crippen molar-refractivity contribution in [1.29, 1.82) is 0 Å². The van der Waals surface area contributed by atoms with Crippen molar-refractivity contribution in [2.24, 2.45) is 0 Å². The molecular weight excluding hydrogens is 412 g/mol. The van der Waals surface area contributed by atoms with E-state index in [9.17, 15) is 4.79 Å². The first-order valence-electron chi connectivity index (χ1n) is 10.9. The number of H-pyrrole nitrogens is 1. The highest BCUT2D eigenvalue weighted by Crippen LogP contribution is 2.25. The summed E-state index contributed by atoms with van der Waals surface area (Å²) in [5.41, 5.74) is 5.53. The molecule has 5 aromatic rings. The van der Waals surface area contributed by atoms with Crippen molar-refractivity contribution in [3.8, 4) is 0 Å². The van der Waals surface area contributed by atoms with Crippen molar-refractivity contribution >= 4 is 16.9 Å². The van der Waals surface area contributed by atoms with Gasteiger partial charge in [-0.1, -0.05) is 78.0 Å². The number of amides is 1. The van der Waals surface area contributed by atoms with Crippen LogP contribution in [0.15, 0.2) is 85.1 Å². The minimum absolute atomic E-state index is 0.166. The molecular formula is C26H24N6O. The Hall–Kier alpha value is -4.26. The molecule has 7 nitrogen and oxygen atoms in total. The van der Waals surface area contributed by atoms with E-state index in [1.165, 1.54) is 0 Å². The lowest BCUT2D eigenvalue weighted by atomic mass is 9.99. The number of imidazole rings is 1. The maximum absolute atomic E-state index is 12.7. The second-order valence-electron chi connectivity index (χ2n) is 7.97. The zero-order valence-electron chi connectivity index (χ0n) is 18.3. The first kappa shape index (κ1) is 20.6. The molecule has 0 atom stereocenters. The molecule has 164 valence electrons. The van der Waals surface area contributed by atoms with Crippen LogP contribution in [-0.4, -0.2) is 37.4 Å². The predicted molar refractivity (Wildman–Crippen MR) is 127 cm³/mol. The second-order valence-corrected chi connectivity index (χ2v) is 7.97. The van der Waals surface area contributed by atoms with Gasteiger partial charge in [0.05, 0.1) is 17.2 Å². The third-order valence-corrected chi connectivity index (χ3v) is 5.65. The van der Waals surface area contributed by atoms with Crippen molar-refractivity contribution in [1.82, 2.24) is 30.3 Å². The van der Waals surface area contributed by atoms with Crippen LogP contribution < -0.4 is 5.32 Å². The van der Waals surface area contributed by atoms with Crippen LogP contribution >= 0.6 is 0 Å². The average Bonchev–Trinajstić information content (AvgIpc) is 3.49. The molecule has 0 saturated heterocycles. The normalized spacial score (nSPS) is 11.2. The Morgan fingerprint density at radius 1 is 0.970 bits per heavy atom. The fourth-order valence-electron chi connectivity index (χ4n) is 4.01. The van der Waals surface area contributed by atoms with Gasteiger partial charge in [-0.05, 0) is 29.7 Å². The molecule has 0 aliphatic rings. The molecule has 2 heterocycles. The lowest BCUT2D eigenvalue weighted by Gasteiger charge is -2.17. The summed E-state index contributed by atoms with van der Waals surface area (Å²) in [5, 5.41) is 11.3. The smallest absolute Gasteiger partial charge is 0.273 e. The molecule has 0 bridgehead atoms. The summed E-state index contributed by atoms with van der Waals surface area (Å²) in [5.74, 6) is 0.588. The molecule has 7 heteroatoms. The molecule has 0 fully saturated rings. The number of carbonyl (C=O) groups excluding carboxylic acids is 1. The number of hydrogen-bond donors (Lipinski definition) is 2. The van der Waals surface area contributed by atoms with Crippen molar-refractivity contribution in [2.45, 2.75) is 19.4 Å². The number of nitrogens with one attached hydrogen (secondary N) is 2. The minimum atomic E-state index is -0.256. The van der Waals surface area contributed by atoms with Gasteiger partial charge in [0.15, 0.2) is 5.69 Å². The van der Waals surface area contributed by atoms with Gasteiger partial charge in [0, 0.05) is 13.0 Å². The number of hydrogen-bond acceptors (Lipinski definition) is 4. The minimum Gasteiger partial charge on any atom is -0.350 e. The Morgan fingerprint density at radius 3 is 2.33 bits per heavy atom. The number of para-hydroxylation sites is 1. The highest BCUT2D eigenvalue weighted by Gasteiger charge is 2.20. The van der Waals surface area contributed by atoms with Gasteiger partial charge in [0.1, 0.15) is 11.9 Å². The molecule has 0 unspecified atom stereocenters. The Kier molecular flexibility index (Phi) is 5.68. The zero-order chi connectivity index (χ0) is 22.6. The van der Waals surface area contributed by atoms with E-state index in [0.29, 0.717) is 13.0 Å². The van der Waals surface area contributed by atoms with E-state index < -0.39 is 0 Å². The fraction of sp³-hybridized carbons (Fsp3) is 0.154. The Balaban J connectivity index is 1.29. The van der Waals surface area contributed by atoms with E-state index in [1.807, 2.05) is 85.8 Å². The number of aromatic nitrogens is 5. The van der Waals surface area contributed by atoms with Crippen molar-refractivity contribution in [2.75, 3.05) is 6.54 Å². The molecule has 0 radical (unpaired) electrons. The monoisotopic (exact) mass is 436 g/mol. The fourth-order valence-corrected chi connectivity index (χ4v) is 4.01. The summed E-state index contributed by atoms with van der Waals surface area (Å²) < 4.78 is 1.74. The van der Waals surface area contributed by atoms with E-state index in [1.54, 1.807) is 10.9 Å². The Labute approximate surface area is 191 Å². The van der Waals surface area contributed by atoms with Gasteiger partial charge in [-0.25, -0.2) is 9.67 Å². The summed E-state index contributed by atoms with van der Waals surface area (Å²) in [6, 6.07) is 26.0. The lowest BCUT2D eigenvalue weighted by molar-refractivity contribution is 0.0949. The van der Waals surface area contributed by atoms with E-state index in [2.05, 4.69) is 25.6 Å². The molecule has 5 rings (SSSR count). The molecule has 33 heavy (non-hydrogen) atoms. The number of rotatable bonds is 7. The van der Waals surface area contributed by atoms with E-state index in [4.69, 9.17) is 0 Å². The summed E-state index contributed by atoms with van der Waals surface area (Å²) in [6.45, 7) is 2.49. The first-order valence-corrected chi connectivity index (χ1v) is 10.9. The topological polar surface area (TPSA) is 88.5 Å². The molecule has 2 aromatic heterocycles. The number of aromatic amines is 1. The number of benzene rings is 3. The predicted octanol–water partition coefficient (Wildman–Crippen LogP) is 4.07. The van der Waals surface area contributed by atoms with Gasteiger partial charge in [-0.15, -0.1) is 5.10 Å². The SMILES string of the molecule is Cc1cccc2[nH]c(CCNC(=O)c3cn(C(c4ccccc4)c4ccccc4)nn3)nc12. The van der Waals surface area contributed by atoms with Gasteiger partial charge in [-0.2, -0.15) is 0 Å². The largest absolute Gasteiger partial charge is 0.350 e. The van der Waals surface area contributed by atoms with Crippen LogP contribution in [0.1, 0.15) is 39.0 Å². The number of nitrogens with zero attached hydrogens (tertiary/aromatic N) is 4. The van der Waals surface area contributed by atoms with Crippen LogP contribution in [0.5, 0.6) is 0 Å². The maximum Gasteiger partial charge on any atom is 0.273 e. The second kappa shape index (κ2) is 9.08. The number of aryl methyl sites for hydroxylation is 1. The summed E-state index contributed by atoms with van der Waals surface area (Å²) >= 11 is 0. The van der Waals surface area contributed by atoms with E-state index in [0.717, 1.165) is 33.5 Å². The van der Waals surface area contributed by atoms with Crippen LogP contribution in [0.4, 0.5) is 0 Å². The molecule has 0 spiro atoms. The maximum atomic E-state index is 12.7. The van der Waals surface area contributed by atoms with Crippen LogP contribution in [-0.2, 0) is 6.42 Å². The molecule has 0 saturated carbocycles. The first-order chi connectivity index (χ1) is 16.2. The van der Waals surface area contributed by atoms with Crippen molar-refractivity contribution < 1.29 is 4.79 Å². The van der Waals surface area contributed by atoms with Gasteiger partial charge >= 0.3 is 0 Å². The van der Waals surface area contributed by atoms with Crippen LogP contribution in [0.2, 0.25) is 0 Å². The van der Waals surface area contributed by atoms with E-state index >= 15 is 0 Å². The zero-order valence-corrected chi connectivity index (χ0v) is 18.3. The number of fused-ring (bicyclic) bond motifs is 1. The third-order valence-electron chi connectivity index (χ3n) is 5.65. The molecule has 3 aromatic carbocycles. The average molecular weight is 437 g/mol. The molecule has 0 aliphatic heterocycles. The van der Waals surface area contributed by atoms with Gasteiger partial charge < -0.3 is 10.3 Å². The van der Waals surface area contributed by atoms with Crippen LogP contribution in [0.25, 0.3) is 11.0 Å². The number of carbonyl (C=O) groups is 1. The van der Waals surface area contributed by atoms with Crippen molar-refractivity contribution in [3.63, 3.8) is 0 Å². The van der Waals surface area contributed by atoms with E-state index in [-0.39, 0.29) is 17.6 Å². The molecule has 0 aliphatic carbocycles. The molecule has 2 N–H and O–H groups in total. The summed E-state index contributed by atoms with van der Waals surface area (Å²) in [7, 11) is 0. The van der Waals surface area contributed by atoms with Crippen molar-refractivity contribution in [3.05, 3.63) is 113 Å². The van der Waals surface area contributed by atoms with Crippen LogP contribution in [0.3, 0.4) is 0 Å². The third kappa shape index (κ3) is 4.39. The quantitative estimate of drug-likeness (QED) is 0.402. The highest BCUT2D eigenvalue weighted by atomic mass is 16.2. The van der Waals surface area contributed by atoms with Crippen LogP contribution in [0, 0.1) is 6.92 Å². The van der Waals surface area contributed by atoms with Gasteiger partial charge in [-0.3, -0.25) is 4.79 Å². The Morgan fingerprint density at radius 2 is 1.67 bits per heavy atom. The summed E-state index contributed by atoms with van der Waals surface area (Å²) in [6.07, 6.45) is 2.30. The lowest BCUT2D eigenvalue weighted by Crippen LogP contribution is -2.26. The van der Waals surface area contributed by atoms with Gasteiger partial charge in [0.25, 0.3) is 5.91 Å². The summed E-state index contributed by atoms with van der Waals surface area (Å²) in [4.78, 5) is 20.7. The standard InChI is InChI=1S/C26H24N6O/c1-18-9-8-14-21-24(18)29-23(28-21)15-16-27-26(33)22-17-32(31-30-22)25(19-10-4-2-5-11-19)20-12-6-3-7-13-20/h2-14,17,25H,15-16H2,1H3,(H,27,33)(H,28,29). The Bertz CT molecular complexity index is 1330. The highest BCUT2D eigenvalue weighted by molar-refractivity contribution is 5.91. The van der Waals surface area contributed by atoms with Gasteiger partial charge in [0.2, 0.25) is 0 Å².